The van der Waals surface area contributed by atoms with Gasteiger partial charge in [0.15, 0.2) is 5.12 Å². The summed E-state index contributed by atoms with van der Waals surface area (Å²) in [6.07, 6.45) is 1.80. The maximum atomic E-state index is 12.6. The molecule has 8 heteroatoms. The fourth-order valence-electron chi connectivity index (χ4n) is 2.39. The Morgan fingerprint density at radius 3 is 2.63 bits per heavy atom. The zero-order valence-electron chi connectivity index (χ0n) is 16.2. The molecule has 0 aliphatic heterocycles. The quantitative estimate of drug-likeness (QED) is 0.753. The van der Waals surface area contributed by atoms with Gasteiger partial charge in [0.05, 0.1) is 18.3 Å². The average molecular weight is 409 g/mol. The highest BCUT2D eigenvalue weighted by molar-refractivity contribution is 8.13. The van der Waals surface area contributed by atoms with Gasteiger partial charge in [-0.15, -0.1) is 5.10 Å². The van der Waals surface area contributed by atoms with Gasteiger partial charge in [-0.3, -0.25) is 14.3 Å². The minimum atomic E-state index is -0.702. The molecule has 1 heterocycles. The number of amides is 1. The lowest BCUT2D eigenvalue weighted by molar-refractivity contribution is -0.113. The van der Waals surface area contributed by atoms with Crippen LogP contribution in [-0.4, -0.2) is 31.8 Å². The Kier molecular flexibility index (Phi) is 7.06. The van der Waals surface area contributed by atoms with E-state index in [0.717, 1.165) is 5.56 Å². The van der Waals surface area contributed by atoms with Gasteiger partial charge in [-0.1, -0.05) is 42.4 Å². The molecule has 0 fully saturated rings. The molecule has 146 valence electrons. The molecule has 0 unspecified atom stereocenters. The largest absolute Gasteiger partial charge is 0.341 e. The molecule has 2 rings (SSSR count). The smallest absolute Gasteiger partial charge is 0.252 e. The fraction of sp³-hybridized carbons (Fsp3) is 0.474. The van der Waals surface area contributed by atoms with Gasteiger partial charge in [-0.2, -0.15) is 0 Å². The number of aryl methyl sites for hydroxylation is 2. The first kappa shape index (κ1) is 21.4. The second kappa shape index (κ2) is 8.89. The van der Waals surface area contributed by atoms with Crippen LogP contribution in [-0.2, 0) is 16.9 Å². The van der Waals surface area contributed by atoms with Crippen molar-refractivity contribution in [3.8, 4) is 0 Å². The predicted molar refractivity (Wildman–Crippen MR) is 109 cm³/mol. The Labute approximate surface area is 169 Å². The van der Waals surface area contributed by atoms with Crippen molar-refractivity contribution in [3.05, 3.63) is 46.2 Å². The Bertz CT molecular complexity index is 813. The Morgan fingerprint density at radius 1 is 1.30 bits per heavy atom. The lowest BCUT2D eigenvalue weighted by Crippen LogP contribution is -2.41. The summed E-state index contributed by atoms with van der Waals surface area (Å²) in [5.74, 6) is 0.429. The van der Waals surface area contributed by atoms with Crippen LogP contribution in [0.3, 0.4) is 0 Å². The molecule has 27 heavy (non-hydrogen) atoms. The topological polar surface area (TPSA) is 76.9 Å². The highest BCUT2D eigenvalue weighted by atomic mass is 35.5. The molecular weight excluding hydrogens is 384 g/mol. The van der Waals surface area contributed by atoms with Crippen molar-refractivity contribution in [3.63, 3.8) is 0 Å². The highest BCUT2D eigenvalue weighted by Crippen LogP contribution is 2.20. The second-order valence-corrected chi connectivity index (χ2v) is 8.82. The maximum Gasteiger partial charge on any atom is 0.252 e. The number of thioether (sulfide) groups is 1. The molecule has 0 aliphatic carbocycles. The van der Waals surface area contributed by atoms with Crippen LogP contribution in [0, 0.1) is 12.8 Å². The molecule has 0 spiro atoms. The number of carbonyl (C=O) groups excluding carboxylic acids is 2. The van der Waals surface area contributed by atoms with Crippen molar-refractivity contribution in [1.29, 1.82) is 0 Å². The minimum Gasteiger partial charge on any atom is -0.341 e. The van der Waals surface area contributed by atoms with E-state index in [1.165, 1.54) is 11.8 Å². The number of aromatic nitrogens is 3. The number of carbonyl (C=O) groups is 2. The number of benzene rings is 1. The van der Waals surface area contributed by atoms with Gasteiger partial charge in [-0.05, 0) is 44.5 Å². The summed E-state index contributed by atoms with van der Waals surface area (Å²) in [5, 5.41) is 11.9. The number of hydrogen-bond donors (Lipinski definition) is 1. The van der Waals surface area contributed by atoms with Crippen LogP contribution < -0.4 is 5.32 Å². The van der Waals surface area contributed by atoms with E-state index in [-0.39, 0.29) is 16.9 Å². The maximum absolute atomic E-state index is 12.6. The van der Waals surface area contributed by atoms with Crippen LogP contribution in [0.4, 0.5) is 0 Å². The SMILES string of the molecule is Cc1cc(Cl)cc(C(=O)NC(C)(C)c2cn(CCSC(=O)C(C)C)nn2)c1. The summed E-state index contributed by atoms with van der Waals surface area (Å²) < 4.78 is 1.69. The minimum absolute atomic E-state index is 0.0191. The van der Waals surface area contributed by atoms with Crippen molar-refractivity contribution in [2.24, 2.45) is 5.92 Å². The molecule has 0 atom stereocenters. The number of nitrogens with one attached hydrogen (secondary N) is 1. The Hall–Kier alpha value is -1.86. The number of hydrogen-bond acceptors (Lipinski definition) is 5. The normalized spacial score (nSPS) is 11.7. The van der Waals surface area contributed by atoms with Crippen molar-refractivity contribution in [2.75, 3.05) is 5.75 Å². The third kappa shape index (κ3) is 6.07. The monoisotopic (exact) mass is 408 g/mol. The van der Waals surface area contributed by atoms with E-state index in [1.807, 2.05) is 34.6 Å². The molecule has 2 aromatic rings. The lowest BCUT2D eigenvalue weighted by atomic mass is 10.0. The van der Waals surface area contributed by atoms with Crippen LogP contribution in [0.25, 0.3) is 0 Å². The van der Waals surface area contributed by atoms with E-state index in [0.29, 0.717) is 28.6 Å². The molecule has 1 aromatic carbocycles. The van der Waals surface area contributed by atoms with Crippen LogP contribution in [0.1, 0.15) is 49.3 Å². The van der Waals surface area contributed by atoms with E-state index < -0.39 is 5.54 Å². The number of nitrogens with zero attached hydrogens (tertiary/aromatic N) is 3. The Balaban J connectivity index is 2.01. The van der Waals surface area contributed by atoms with E-state index in [2.05, 4.69) is 15.6 Å². The fourth-order valence-corrected chi connectivity index (χ4v) is 3.49. The molecule has 0 saturated carbocycles. The molecule has 0 saturated heterocycles. The van der Waals surface area contributed by atoms with Gasteiger partial charge in [-0.25, -0.2) is 0 Å². The molecule has 6 nitrogen and oxygen atoms in total. The molecule has 0 radical (unpaired) electrons. The third-order valence-corrected chi connectivity index (χ3v) is 5.31. The van der Waals surface area contributed by atoms with Crippen LogP contribution >= 0.6 is 23.4 Å². The number of halogens is 1. The highest BCUT2D eigenvalue weighted by Gasteiger charge is 2.27. The first-order valence-electron chi connectivity index (χ1n) is 8.75. The van der Waals surface area contributed by atoms with E-state index in [1.54, 1.807) is 29.1 Å². The van der Waals surface area contributed by atoms with E-state index in [9.17, 15) is 9.59 Å². The summed E-state index contributed by atoms with van der Waals surface area (Å²) in [7, 11) is 0. The second-order valence-electron chi connectivity index (χ2n) is 7.29. The molecule has 1 N–H and O–H groups in total. The van der Waals surface area contributed by atoms with Gasteiger partial charge in [0, 0.05) is 22.3 Å². The molecule has 1 amide bonds. The van der Waals surface area contributed by atoms with Gasteiger partial charge in [0.2, 0.25) is 0 Å². The number of rotatable bonds is 7. The first-order chi connectivity index (χ1) is 12.6. The van der Waals surface area contributed by atoms with Crippen LogP contribution in [0.15, 0.2) is 24.4 Å². The lowest BCUT2D eigenvalue weighted by Gasteiger charge is -2.23. The summed E-state index contributed by atoms with van der Waals surface area (Å²) in [6, 6.07) is 5.23. The first-order valence-corrected chi connectivity index (χ1v) is 10.1. The predicted octanol–water partition coefficient (Wildman–Crippen LogP) is 3.82. The molecule has 0 bridgehead atoms. The zero-order valence-corrected chi connectivity index (χ0v) is 17.8. The van der Waals surface area contributed by atoms with Crippen molar-refractivity contribution < 1.29 is 9.59 Å². The summed E-state index contributed by atoms with van der Waals surface area (Å²) in [6.45, 7) is 9.97. The standard InChI is InChI=1S/C19H25ClN4O2S/c1-12(2)18(26)27-7-6-24-11-16(22-23-24)19(4,5)21-17(25)14-8-13(3)9-15(20)10-14/h8-12H,6-7H2,1-5H3,(H,21,25). The molecular formula is C19H25ClN4O2S. The summed E-state index contributed by atoms with van der Waals surface area (Å²) in [5.41, 5.74) is 1.37. The van der Waals surface area contributed by atoms with Gasteiger partial charge < -0.3 is 5.32 Å². The molecule has 0 aliphatic rings. The summed E-state index contributed by atoms with van der Waals surface area (Å²) in [4.78, 5) is 24.3. The van der Waals surface area contributed by atoms with Gasteiger partial charge in [0.25, 0.3) is 5.91 Å². The van der Waals surface area contributed by atoms with Crippen molar-refractivity contribution in [1.82, 2.24) is 20.3 Å². The van der Waals surface area contributed by atoms with E-state index >= 15 is 0 Å². The average Bonchev–Trinajstić information content (AvgIpc) is 3.03. The zero-order chi connectivity index (χ0) is 20.2. The summed E-state index contributed by atoms with van der Waals surface area (Å²) >= 11 is 7.34. The molecule has 1 aromatic heterocycles. The van der Waals surface area contributed by atoms with Gasteiger partial charge >= 0.3 is 0 Å². The third-order valence-electron chi connectivity index (χ3n) is 3.95. The van der Waals surface area contributed by atoms with E-state index in [4.69, 9.17) is 11.6 Å². The van der Waals surface area contributed by atoms with Gasteiger partial charge in [0.1, 0.15) is 5.69 Å². The van der Waals surface area contributed by atoms with Crippen molar-refractivity contribution >= 4 is 34.4 Å². The van der Waals surface area contributed by atoms with Crippen molar-refractivity contribution in [2.45, 2.75) is 46.7 Å². The van der Waals surface area contributed by atoms with Crippen LogP contribution in [0.2, 0.25) is 5.02 Å². The Morgan fingerprint density at radius 2 is 2.00 bits per heavy atom. The van der Waals surface area contributed by atoms with Crippen LogP contribution in [0.5, 0.6) is 0 Å².